The number of aromatic nitrogens is 1. The minimum absolute atomic E-state index is 0.279. The summed E-state index contributed by atoms with van der Waals surface area (Å²) in [7, 11) is 11.0. The van der Waals surface area contributed by atoms with Gasteiger partial charge in [0.05, 0.1) is 0 Å². The molecule has 1 aromatic rings. The Kier molecular flexibility index (Phi) is 7.13. The zero-order chi connectivity index (χ0) is 10.3. The van der Waals surface area contributed by atoms with Gasteiger partial charge in [-0.3, -0.25) is 4.98 Å². The smallest absolute Gasteiger partial charge is 0.0270 e. The van der Waals surface area contributed by atoms with Gasteiger partial charge >= 0.3 is 43.8 Å². The van der Waals surface area contributed by atoms with Crippen molar-refractivity contribution in [3.05, 3.63) is 35.8 Å². The first-order valence-corrected chi connectivity index (χ1v) is 16.8. The standard InChI is InChI=1S/C6H7N2.2CH3.2ClH.Sn/c7-5-6-3-1-2-4-8-6;;;;;/h1-4,7H,5H2;2*1H3;2*1H;/q-1;;;;;+2/p-2. The summed E-state index contributed by atoms with van der Waals surface area (Å²) in [6.07, 6.45) is 1.70. The molecule has 2 nitrogen and oxygen atoms in total. The van der Waals surface area contributed by atoms with E-state index in [4.69, 9.17) is 23.6 Å². The first kappa shape index (κ1) is 13.5. The molecule has 0 amide bonds. The summed E-state index contributed by atoms with van der Waals surface area (Å²) in [5, 5.41) is 0. The fourth-order valence-corrected chi connectivity index (χ4v) is 0.503. The van der Waals surface area contributed by atoms with Crippen LogP contribution in [-0.4, -0.2) is 21.1 Å². The number of nitrogens with zero attached hydrogens (tertiary/aromatic N) is 1. The van der Waals surface area contributed by atoms with E-state index in [-0.39, 0.29) is 6.54 Å². The number of hydrogen-bond donors (Lipinski definition) is 0. The van der Waals surface area contributed by atoms with E-state index in [2.05, 4.69) is 4.98 Å². The van der Waals surface area contributed by atoms with E-state index in [0.717, 1.165) is 5.69 Å². The largest absolute Gasteiger partial charge is 0.672 e. The van der Waals surface area contributed by atoms with E-state index in [1.807, 2.05) is 28.1 Å². The fourth-order valence-electron chi connectivity index (χ4n) is 0.503. The number of rotatable bonds is 1. The first-order chi connectivity index (χ1) is 5.93. The van der Waals surface area contributed by atoms with Gasteiger partial charge in [-0.25, -0.2) is 0 Å². The maximum Gasteiger partial charge on any atom is 0.0270 e. The molecular weight excluding hydrogens is 314 g/mol. The summed E-state index contributed by atoms with van der Waals surface area (Å²) in [6, 6.07) is 5.57. The Labute approximate surface area is 90.8 Å². The molecule has 0 aromatic carbocycles. The van der Waals surface area contributed by atoms with Crippen molar-refractivity contribution in [3.63, 3.8) is 0 Å². The van der Waals surface area contributed by atoms with Crippen LogP contribution in [0.15, 0.2) is 24.4 Å². The normalized spacial score (nSPS) is 10.2. The second-order valence-electron chi connectivity index (χ2n) is 2.83. The average Bonchev–Trinajstić information content (AvgIpc) is 2.03. The van der Waals surface area contributed by atoms with Crippen LogP contribution in [0.1, 0.15) is 5.69 Å². The molecule has 0 radical (unpaired) electrons. The van der Waals surface area contributed by atoms with Gasteiger partial charge in [0.1, 0.15) is 0 Å². The fraction of sp³-hybridized carbons (Fsp3) is 0.375. The van der Waals surface area contributed by atoms with Gasteiger partial charge in [0.15, 0.2) is 0 Å². The molecule has 1 heterocycles. The van der Waals surface area contributed by atoms with Crippen LogP contribution in [0, 0.1) is 0 Å². The number of nitrogens with one attached hydrogen (secondary N) is 1. The molecule has 0 atom stereocenters. The molecule has 74 valence electrons. The van der Waals surface area contributed by atoms with Gasteiger partial charge < -0.3 is 5.73 Å². The van der Waals surface area contributed by atoms with Crippen LogP contribution in [0.4, 0.5) is 0 Å². The third kappa shape index (κ3) is 12.5. The number of halogens is 2. The Bertz CT molecular complexity index is 217. The Morgan fingerprint density at radius 2 is 1.92 bits per heavy atom. The number of pyridine rings is 1. The molecular formula is C8H13Cl2N2Sn-. The third-order valence-electron chi connectivity index (χ3n) is 0.907. The van der Waals surface area contributed by atoms with Crippen LogP contribution in [0.3, 0.4) is 0 Å². The van der Waals surface area contributed by atoms with E-state index < -0.39 is 16.1 Å². The van der Waals surface area contributed by atoms with Crippen molar-refractivity contribution in [2.24, 2.45) is 0 Å². The van der Waals surface area contributed by atoms with Crippen molar-refractivity contribution in [1.82, 2.24) is 4.98 Å². The molecule has 0 unspecified atom stereocenters. The molecule has 0 spiro atoms. The van der Waals surface area contributed by atoms with Crippen molar-refractivity contribution >= 4 is 34.0 Å². The molecule has 0 aliphatic carbocycles. The van der Waals surface area contributed by atoms with E-state index in [1.165, 1.54) is 0 Å². The van der Waals surface area contributed by atoms with Crippen molar-refractivity contribution in [2.75, 3.05) is 0 Å². The Morgan fingerprint density at radius 1 is 1.38 bits per heavy atom. The maximum atomic E-state index is 6.88. The Hall–Kier alpha value is 0.489. The van der Waals surface area contributed by atoms with Gasteiger partial charge in [-0.15, -0.1) is 6.54 Å². The summed E-state index contributed by atoms with van der Waals surface area (Å²) >= 11 is -2.24. The minimum atomic E-state index is -2.24. The van der Waals surface area contributed by atoms with E-state index in [0.29, 0.717) is 0 Å². The molecule has 0 fully saturated rings. The quantitative estimate of drug-likeness (QED) is 0.723. The Balaban J connectivity index is 0.000000252. The van der Waals surface area contributed by atoms with Crippen molar-refractivity contribution in [1.29, 1.82) is 0 Å². The van der Waals surface area contributed by atoms with Crippen LogP contribution < -0.4 is 0 Å². The van der Waals surface area contributed by atoms with Gasteiger partial charge in [0.2, 0.25) is 0 Å². The van der Waals surface area contributed by atoms with E-state index in [9.17, 15) is 0 Å². The molecule has 0 saturated heterocycles. The van der Waals surface area contributed by atoms with Crippen molar-refractivity contribution in [3.8, 4) is 0 Å². The minimum Gasteiger partial charge on any atom is -0.672 e. The zero-order valence-corrected chi connectivity index (χ0v) is 12.1. The summed E-state index contributed by atoms with van der Waals surface area (Å²) in [5.41, 5.74) is 7.71. The summed E-state index contributed by atoms with van der Waals surface area (Å²) < 4.78 is 0. The molecule has 1 rings (SSSR count). The average molecular weight is 327 g/mol. The molecule has 0 aliphatic rings. The van der Waals surface area contributed by atoms with Crippen LogP contribution in [0.5, 0.6) is 0 Å². The monoisotopic (exact) mass is 327 g/mol. The van der Waals surface area contributed by atoms with Crippen molar-refractivity contribution < 1.29 is 0 Å². The zero-order valence-electron chi connectivity index (χ0n) is 7.72. The molecule has 5 heteroatoms. The summed E-state index contributed by atoms with van der Waals surface area (Å²) in [5.74, 6) is 0. The van der Waals surface area contributed by atoms with Crippen molar-refractivity contribution in [2.45, 2.75) is 16.4 Å². The summed E-state index contributed by atoms with van der Waals surface area (Å²) in [6.45, 7) is 0.279. The molecule has 1 aromatic heterocycles. The summed E-state index contributed by atoms with van der Waals surface area (Å²) in [4.78, 5) is 7.77. The molecule has 0 saturated carbocycles. The maximum absolute atomic E-state index is 6.88. The van der Waals surface area contributed by atoms with Gasteiger partial charge in [-0.05, 0) is 12.1 Å². The van der Waals surface area contributed by atoms with Crippen LogP contribution in [0.25, 0.3) is 5.73 Å². The Morgan fingerprint density at radius 3 is 2.15 bits per heavy atom. The first-order valence-electron chi connectivity index (χ1n) is 3.86. The van der Waals surface area contributed by atoms with Crippen LogP contribution in [-0.2, 0) is 6.54 Å². The second kappa shape index (κ2) is 6.87. The van der Waals surface area contributed by atoms with E-state index >= 15 is 0 Å². The van der Waals surface area contributed by atoms with Gasteiger partial charge in [-0.1, -0.05) is 6.07 Å². The van der Waals surface area contributed by atoms with Crippen LogP contribution in [0.2, 0.25) is 9.88 Å². The molecule has 0 aliphatic heterocycles. The van der Waals surface area contributed by atoms with Gasteiger partial charge in [0.25, 0.3) is 0 Å². The van der Waals surface area contributed by atoms with Crippen LogP contribution >= 0.6 is 17.8 Å². The van der Waals surface area contributed by atoms with Gasteiger partial charge in [0, 0.05) is 11.9 Å². The molecule has 1 N–H and O–H groups in total. The topological polar surface area (TPSA) is 36.7 Å². The van der Waals surface area contributed by atoms with E-state index in [1.54, 1.807) is 6.20 Å². The number of hydrogen-bond acceptors (Lipinski definition) is 1. The van der Waals surface area contributed by atoms with Gasteiger partial charge in [-0.2, -0.15) is 0 Å². The predicted octanol–water partition coefficient (Wildman–Crippen LogP) is 3.80. The third-order valence-corrected chi connectivity index (χ3v) is 0.907. The predicted molar refractivity (Wildman–Crippen MR) is 61.5 cm³/mol. The second-order valence-corrected chi connectivity index (χ2v) is 24.4. The molecule has 0 bridgehead atoms. The molecule has 13 heavy (non-hydrogen) atoms. The SMILES string of the molecule is [CH3][Sn]([CH3])([Cl])[Cl].[NH-]Cc1ccccn1.